The molecular weight excluding hydrogens is 536 g/mol. The average Bonchev–Trinajstić information content (AvgIpc) is 3.06. The molecule has 43 heavy (non-hydrogen) atoms. The van der Waals surface area contributed by atoms with Gasteiger partial charge in [-0.15, -0.1) is 0 Å². The van der Waals surface area contributed by atoms with E-state index in [-0.39, 0.29) is 34.5 Å². The lowest BCUT2D eigenvalue weighted by atomic mass is 9.95. The number of para-hydroxylation sites is 3. The number of nitrogens with zero attached hydrogens (tertiary/aromatic N) is 4. The first-order valence-corrected chi connectivity index (χ1v) is 15.7. The van der Waals surface area contributed by atoms with Gasteiger partial charge in [0.15, 0.2) is 5.76 Å². The monoisotopic (exact) mass is 572 g/mol. The number of hydrogen-bond acceptors (Lipinski definition) is 5. The summed E-state index contributed by atoms with van der Waals surface area (Å²) in [6, 6.07) is 26.7. The molecular formula is C36H36N4O3. The molecule has 5 aromatic rings. The highest BCUT2D eigenvalue weighted by molar-refractivity contribution is 5.83. The van der Waals surface area contributed by atoms with Crippen LogP contribution >= 0.6 is 0 Å². The van der Waals surface area contributed by atoms with Gasteiger partial charge in [-0.2, -0.15) is 0 Å². The van der Waals surface area contributed by atoms with Gasteiger partial charge in [-0.05, 0) is 49.9 Å². The van der Waals surface area contributed by atoms with Crippen molar-refractivity contribution < 1.29 is 4.42 Å². The minimum atomic E-state index is -0.360. The van der Waals surface area contributed by atoms with E-state index in [1.807, 2.05) is 84.9 Å². The summed E-state index contributed by atoms with van der Waals surface area (Å²) in [5.74, 6) is 0.340. The van der Waals surface area contributed by atoms with Gasteiger partial charge in [-0.25, -0.2) is 9.98 Å². The van der Waals surface area contributed by atoms with Gasteiger partial charge in [0.2, 0.25) is 0 Å². The molecule has 218 valence electrons. The van der Waals surface area contributed by atoms with Gasteiger partial charge >= 0.3 is 5.68 Å². The Labute approximate surface area is 250 Å². The molecule has 2 aliphatic carbocycles. The number of fused-ring (bicyclic) bond motifs is 1. The molecule has 2 heterocycles. The second-order valence-corrected chi connectivity index (χ2v) is 11.8. The molecule has 0 atom stereocenters. The summed E-state index contributed by atoms with van der Waals surface area (Å²) in [6.07, 6.45) is 10.5. The molecule has 7 heteroatoms. The Morgan fingerprint density at radius 1 is 0.698 bits per heavy atom. The first-order valence-electron chi connectivity index (χ1n) is 15.7. The third-order valence-corrected chi connectivity index (χ3v) is 8.91. The highest BCUT2D eigenvalue weighted by atomic mass is 16.4. The maximum atomic E-state index is 14.9. The van der Waals surface area contributed by atoms with Crippen molar-refractivity contribution in [2.75, 3.05) is 0 Å². The van der Waals surface area contributed by atoms with Gasteiger partial charge in [0, 0.05) is 17.3 Å². The molecule has 0 spiro atoms. The minimum absolute atomic E-state index is 0.0345. The number of benzene rings is 3. The average molecular weight is 573 g/mol. The van der Waals surface area contributed by atoms with Crippen molar-refractivity contribution in [3.05, 3.63) is 111 Å². The Balaban J connectivity index is 1.58. The maximum Gasteiger partial charge on any atom is 0.300 e. The lowest BCUT2D eigenvalue weighted by Crippen LogP contribution is -2.40. The first kappa shape index (κ1) is 27.3. The Kier molecular flexibility index (Phi) is 7.62. The van der Waals surface area contributed by atoms with Crippen LogP contribution in [0.4, 0.5) is 0 Å². The standard InChI is InChI=1S/C36H36N4O3/c41-34-31(32-35(42)39(27-19-9-3-10-20-27)30-24-14-13-23-29(30)38-32)33(25-15-5-1-6-16-25)43-36(37-26-17-7-2-8-18-26)40(34)28-21-11-4-12-22-28/h1,3,5-6,9-10,13-16,19-20,23-24,26,28H,2,4,7-8,11-12,17-18,21-22H2. The van der Waals surface area contributed by atoms with E-state index in [2.05, 4.69) is 0 Å². The van der Waals surface area contributed by atoms with Crippen molar-refractivity contribution in [1.82, 2.24) is 14.1 Å². The van der Waals surface area contributed by atoms with Crippen molar-refractivity contribution in [2.24, 2.45) is 4.99 Å². The third kappa shape index (κ3) is 5.29. The van der Waals surface area contributed by atoms with Crippen LogP contribution in [0.5, 0.6) is 0 Å². The van der Waals surface area contributed by atoms with Crippen LogP contribution in [-0.4, -0.2) is 20.2 Å². The molecule has 0 saturated heterocycles. The molecule has 0 amide bonds. The Morgan fingerprint density at radius 3 is 2.05 bits per heavy atom. The van der Waals surface area contributed by atoms with Gasteiger partial charge in [0.25, 0.3) is 11.1 Å². The molecule has 0 unspecified atom stereocenters. The summed E-state index contributed by atoms with van der Waals surface area (Å²) in [6.45, 7) is 0. The zero-order valence-corrected chi connectivity index (χ0v) is 24.3. The SMILES string of the molecule is O=c1c(-c2nc3ccccc3n(-c3ccccc3)c2=O)c(-c2ccccc2)oc(=NC2CCCCC2)n1C1CCCCC1. The lowest BCUT2D eigenvalue weighted by molar-refractivity contribution is 0.289. The van der Waals surface area contributed by atoms with Crippen LogP contribution in [0.2, 0.25) is 0 Å². The van der Waals surface area contributed by atoms with E-state index in [1.54, 1.807) is 9.13 Å². The van der Waals surface area contributed by atoms with E-state index in [0.29, 0.717) is 33.7 Å². The quantitative estimate of drug-likeness (QED) is 0.223. The summed E-state index contributed by atoms with van der Waals surface area (Å²) in [4.78, 5) is 39.4. The molecule has 7 rings (SSSR count). The summed E-state index contributed by atoms with van der Waals surface area (Å²) in [5, 5.41) is 0. The predicted octanol–water partition coefficient (Wildman–Crippen LogP) is 7.21. The molecule has 2 aliphatic rings. The van der Waals surface area contributed by atoms with E-state index in [9.17, 15) is 9.59 Å². The zero-order valence-electron chi connectivity index (χ0n) is 24.3. The molecule has 7 nitrogen and oxygen atoms in total. The highest BCUT2D eigenvalue weighted by Crippen LogP contribution is 2.31. The van der Waals surface area contributed by atoms with Crippen LogP contribution in [0.3, 0.4) is 0 Å². The molecule has 2 saturated carbocycles. The van der Waals surface area contributed by atoms with E-state index < -0.39 is 0 Å². The molecule has 2 aromatic heterocycles. The fourth-order valence-electron chi connectivity index (χ4n) is 6.74. The number of rotatable bonds is 5. The minimum Gasteiger partial charge on any atom is -0.424 e. The Bertz CT molecular complexity index is 1930. The van der Waals surface area contributed by atoms with Crippen molar-refractivity contribution in [1.29, 1.82) is 0 Å². The van der Waals surface area contributed by atoms with Crippen LogP contribution in [0.25, 0.3) is 39.3 Å². The number of aromatic nitrogens is 3. The first-order chi connectivity index (χ1) is 21.2. The smallest absolute Gasteiger partial charge is 0.300 e. The van der Waals surface area contributed by atoms with Gasteiger partial charge in [0.05, 0.1) is 17.1 Å². The zero-order chi connectivity index (χ0) is 29.2. The second kappa shape index (κ2) is 12.0. The summed E-state index contributed by atoms with van der Waals surface area (Å²) < 4.78 is 10.2. The third-order valence-electron chi connectivity index (χ3n) is 8.91. The Morgan fingerprint density at radius 2 is 1.33 bits per heavy atom. The fourth-order valence-corrected chi connectivity index (χ4v) is 6.74. The van der Waals surface area contributed by atoms with Crippen molar-refractivity contribution in [3.8, 4) is 28.3 Å². The maximum absolute atomic E-state index is 14.9. The molecule has 2 fully saturated rings. The molecule has 0 bridgehead atoms. The van der Waals surface area contributed by atoms with Crippen molar-refractivity contribution >= 4 is 11.0 Å². The highest BCUT2D eigenvalue weighted by Gasteiger charge is 2.28. The number of hydrogen-bond donors (Lipinski definition) is 0. The molecule has 0 radical (unpaired) electrons. The van der Waals surface area contributed by atoms with E-state index >= 15 is 0 Å². The van der Waals surface area contributed by atoms with Crippen LogP contribution in [0.15, 0.2) is 104 Å². The predicted molar refractivity (Wildman–Crippen MR) is 169 cm³/mol. The van der Waals surface area contributed by atoms with Crippen LogP contribution in [0.1, 0.15) is 70.3 Å². The topological polar surface area (TPSA) is 82.4 Å². The summed E-state index contributed by atoms with van der Waals surface area (Å²) in [5.41, 5.74) is 2.76. The van der Waals surface area contributed by atoms with Gasteiger partial charge < -0.3 is 4.42 Å². The van der Waals surface area contributed by atoms with Crippen LogP contribution in [0, 0.1) is 0 Å². The second-order valence-electron chi connectivity index (χ2n) is 11.8. The lowest BCUT2D eigenvalue weighted by Gasteiger charge is -2.25. The van der Waals surface area contributed by atoms with E-state index in [4.69, 9.17) is 14.4 Å². The van der Waals surface area contributed by atoms with E-state index in [0.717, 1.165) is 57.8 Å². The fraction of sp³-hybridized carbons (Fsp3) is 0.333. The summed E-state index contributed by atoms with van der Waals surface area (Å²) >= 11 is 0. The van der Waals surface area contributed by atoms with E-state index in [1.165, 1.54) is 6.42 Å². The van der Waals surface area contributed by atoms with Crippen LogP contribution in [-0.2, 0) is 0 Å². The van der Waals surface area contributed by atoms with Crippen LogP contribution < -0.4 is 16.8 Å². The van der Waals surface area contributed by atoms with Crippen molar-refractivity contribution in [2.45, 2.75) is 76.3 Å². The largest absolute Gasteiger partial charge is 0.424 e. The van der Waals surface area contributed by atoms with Gasteiger partial charge in [0.1, 0.15) is 11.3 Å². The molecule has 0 aliphatic heterocycles. The van der Waals surface area contributed by atoms with Gasteiger partial charge in [-0.3, -0.25) is 18.7 Å². The van der Waals surface area contributed by atoms with Crippen molar-refractivity contribution in [3.63, 3.8) is 0 Å². The normalized spacial score (nSPS) is 17.0. The molecule has 3 aromatic carbocycles. The van der Waals surface area contributed by atoms with Gasteiger partial charge in [-0.1, -0.05) is 99.2 Å². The Hall–Kier alpha value is -4.52. The summed E-state index contributed by atoms with van der Waals surface area (Å²) in [7, 11) is 0. The molecule has 0 N–H and O–H groups in total.